The van der Waals surface area contributed by atoms with E-state index in [4.69, 9.17) is 0 Å². The minimum absolute atomic E-state index is 0.115. The van der Waals surface area contributed by atoms with Crippen molar-refractivity contribution in [1.29, 1.82) is 0 Å². The molecule has 5 nitrogen and oxygen atoms in total. The maximum Gasteiger partial charge on any atom is 0.285 e. The molecule has 2 rings (SSSR count). The second-order valence-electron chi connectivity index (χ2n) is 3.20. The molecule has 0 bridgehead atoms. The molecule has 1 aromatic carbocycles. The highest BCUT2D eigenvalue weighted by atomic mass is 32.2. The Bertz CT molecular complexity index is 595. The van der Waals surface area contributed by atoms with E-state index >= 15 is 0 Å². The van der Waals surface area contributed by atoms with Crippen LogP contribution in [0, 0.1) is 5.82 Å². The zero-order chi connectivity index (χ0) is 11.9. The largest absolute Gasteiger partial charge is 0.285 e. The van der Waals surface area contributed by atoms with E-state index in [0.717, 1.165) is 23.4 Å². The summed E-state index contributed by atoms with van der Waals surface area (Å²) in [5.74, 6) is -1.09. The standard InChI is InChI=1S/C9H7FN2O3S/c1-6(13)12-5-11-16(14,15)9-4-7(10)2-3-8(9)12/h2-5H,1H3. The van der Waals surface area contributed by atoms with Gasteiger partial charge in [0.15, 0.2) is 0 Å². The zero-order valence-corrected chi connectivity index (χ0v) is 9.03. The Morgan fingerprint density at radius 3 is 2.75 bits per heavy atom. The van der Waals surface area contributed by atoms with Gasteiger partial charge in [0.25, 0.3) is 10.0 Å². The van der Waals surface area contributed by atoms with Gasteiger partial charge < -0.3 is 0 Å². The number of halogens is 1. The third kappa shape index (κ3) is 1.58. The van der Waals surface area contributed by atoms with E-state index in [0.29, 0.717) is 0 Å². The van der Waals surface area contributed by atoms with Crippen LogP contribution in [0.2, 0.25) is 0 Å². The van der Waals surface area contributed by atoms with Crippen molar-refractivity contribution in [2.24, 2.45) is 4.40 Å². The molecule has 1 heterocycles. The SMILES string of the molecule is CC(=O)N1C=NS(=O)(=O)c2cc(F)ccc21. The Labute approximate surface area is 91.3 Å². The quantitative estimate of drug-likeness (QED) is 0.679. The Balaban J connectivity index is 2.73. The van der Waals surface area contributed by atoms with Crippen molar-refractivity contribution in [3.63, 3.8) is 0 Å². The fourth-order valence-corrected chi connectivity index (χ4v) is 2.40. The van der Waals surface area contributed by atoms with Crippen LogP contribution >= 0.6 is 0 Å². The summed E-state index contributed by atoms with van der Waals surface area (Å²) in [7, 11) is -3.90. The predicted molar refractivity (Wildman–Crippen MR) is 55.2 cm³/mol. The van der Waals surface area contributed by atoms with Crippen molar-refractivity contribution in [2.75, 3.05) is 4.90 Å². The van der Waals surface area contributed by atoms with Crippen molar-refractivity contribution in [3.05, 3.63) is 24.0 Å². The highest BCUT2D eigenvalue weighted by molar-refractivity contribution is 7.90. The summed E-state index contributed by atoms with van der Waals surface area (Å²) in [5, 5.41) is 0. The number of nitrogens with zero attached hydrogens (tertiary/aromatic N) is 2. The zero-order valence-electron chi connectivity index (χ0n) is 8.21. The number of rotatable bonds is 0. The van der Waals surface area contributed by atoms with Crippen LogP contribution in [0.4, 0.5) is 10.1 Å². The lowest BCUT2D eigenvalue weighted by atomic mass is 10.3. The van der Waals surface area contributed by atoms with Gasteiger partial charge in [-0.3, -0.25) is 9.69 Å². The van der Waals surface area contributed by atoms with Crippen LogP contribution in [0.3, 0.4) is 0 Å². The summed E-state index contributed by atoms with van der Waals surface area (Å²) in [5.41, 5.74) is 0.115. The summed E-state index contributed by atoms with van der Waals surface area (Å²) < 4.78 is 39.2. The molecule has 7 heteroatoms. The highest BCUT2D eigenvalue weighted by Crippen LogP contribution is 2.30. The van der Waals surface area contributed by atoms with E-state index < -0.39 is 21.7 Å². The molecule has 0 atom stereocenters. The van der Waals surface area contributed by atoms with Crippen molar-refractivity contribution in [3.8, 4) is 0 Å². The van der Waals surface area contributed by atoms with Gasteiger partial charge in [0.05, 0.1) is 5.69 Å². The Morgan fingerprint density at radius 1 is 1.44 bits per heavy atom. The number of fused-ring (bicyclic) bond motifs is 1. The molecular weight excluding hydrogens is 235 g/mol. The number of hydrogen-bond donors (Lipinski definition) is 0. The first kappa shape index (κ1) is 10.7. The lowest BCUT2D eigenvalue weighted by Gasteiger charge is -2.21. The van der Waals surface area contributed by atoms with Crippen molar-refractivity contribution < 1.29 is 17.6 Å². The molecule has 0 saturated carbocycles. The predicted octanol–water partition coefficient (Wildman–Crippen LogP) is 0.909. The van der Waals surface area contributed by atoms with Gasteiger partial charge >= 0.3 is 0 Å². The maximum atomic E-state index is 12.9. The summed E-state index contributed by atoms with van der Waals surface area (Å²) >= 11 is 0. The van der Waals surface area contributed by atoms with Crippen molar-refractivity contribution in [1.82, 2.24) is 0 Å². The van der Waals surface area contributed by atoms with Gasteiger partial charge in [0.2, 0.25) is 5.91 Å². The molecule has 0 unspecified atom stereocenters. The molecule has 84 valence electrons. The fourth-order valence-electron chi connectivity index (χ4n) is 1.37. The fraction of sp³-hybridized carbons (Fsp3) is 0.111. The average Bonchev–Trinajstić information content (AvgIpc) is 2.18. The molecule has 0 radical (unpaired) electrons. The normalized spacial score (nSPS) is 17.0. The van der Waals surface area contributed by atoms with E-state index in [2.05, 4.69) is 4.40 Å². The molecule has 16 heavy (non-hydrogen) atoms. The lowest BCUT2D eigenvalue weighted by Crippen LogP contribution is -2.31. The Hall–Kier alpha value is -1.76. The number of carbonyl (C=O) groups excluding carboxylic acids is 1. The summed E-state index contributed by atoms with van der Waals surface area (Å²) in [6.07, 6.45) is 0.915. The highest BCUT2D eigenvalue weighted by Gasteiger charge is 2.27. The topological polar surface area (TPSA) is 66.8 Å². The number of hydrogen-bond acceptors (Lipinski definition) is 3. The third-order valence-electron chi connectivity index (χ3n) is 2.10. The van der Waals surface area contributed by atoms with E-state index in [1.165, 1.54) is 13.0 Å². The van der Waals surface area contributed by atoms with E-state index in [-0.39, 0.29) is 10.6 Å². The van der Waals surface area contributed by atoms with Gasteiger partial charge in [-0.25, -0.2) is 4.39 Å². The number of sulfonamides is 1. The van der Waals surface area contributed by atoms with Gasteiger partial charge in [-0.15, -0.1) is 4.40 Å². The molecule has 0 fully saturated rings. The lowest BCUT2D eigenvalue weighted by molar-refractivity contribution is -0.115. The van der Waals surface area contributed by atoms with E-state index in [9.17, 15) is 17.6 Å². The van der Waals surface area contributed by atoms with Gasteiger partial charge in [0, 0.05) is 6.92 Å². The Morgan fingerprint density at radius 2 is 2.12 bits per heavy atom. The molecule has 0 aromatic heterocycles. The first-order valence-corrected chi connectivity index (χ1v) is 5.75. The van der Waals surface area contributed by atoms with Gasteiger partial charge in [-0.2, -0.15) is 8.42 Å². The summed E-state index contributed by atoms with van der Waals surface area (Å²) in [4.78, 5) is 12.0. The number of carbonyl (C=O) groups is 1. The molecule has 0 spiro atoms. The summed E-state index contributed by atoms with van der Waals surface area (Å²) in [6.45, 7) is 1.26. The van der Waals surface area contributed by atoms with Crippen LogP contribution in [-0.2, 0) is 14.8 Å². The molecule has 1 aliphatic rings. The maximum absolute atomic E-state index is 12.9. The van der Waals surface area contributed by atoms with Crippen LogP contribution in [-0.4, -0.2) is 20.7 Å². The molecular formula is C9H7FN2O3S. The monoisotopic (exact) mass is 242 g/mol. The second kappa shape index (κ2) is 3.38. The Kier molecular flexibility index (Phi) is 2.27. The third-order valence-corrected chi connectivity index (χ3v) is 3.35. The average molecular weight is 242 g/mol. The van der Waals surface area contributed by atoms with Crippen LogP contribution in [0.15, 0.2) is 27.5 Å². The molecule has 0 saturated heterocycles. The van der Waals surface area contributed by atoms with Crippen molar-refractivity contribution in [2.45, 2.75) is 11.8 Å². The first-order chi connectivity index (χ1) is 7.42. The van der Waals surface area contributed by atoms with Gasteiger partial charge in [-0.05, 0) is 18.2 Å². The van der Waals surface area contributed by atoms with Crippen LogP contribution in [0.5, 0.6) is 0 Å². The van der Waals surface area contributed by atoms with Crippen LogP contribution in [0.25, 0.3) is 0 Å². The van der Waals surface area contributed by atoms with Gasteiger partial charge in [0.1, 0.15) is 17.1 Å². The van der Waals surface area contributed by atoms with Crippen molar-refractivity contribution >= 4 is 28.0 Å². The van der Waals surface area contributed by atoms with E-state index in [1.54, 1.807) is 0 Å². The number of benzene rings is 1. The number of amides is 1. The molecule has 0 aliphatic carbocycles. The smallest absolute Gasteiger partial charge is 0.274 e. The minimum atomic E-state index is -3.90. The molecule has 1 aliphatic heterocycles. The molecule has 1 aromatic rings. The van der Waals surface area contributed by atoms with Crippen LogP contribution in [0.1, 0.15) is 6.92 Å². The first-order valence-electron chi connectivity index (χ1n) is 4.31. The second-order valence-corrected chi connectivity index (χ2v) is 4.80. The summed E-state index contributed by atoms with van der Waals surface area (Å²) in [6, 6.07) is 3.16. The van der Waals surface area contributed by atoms with Crippen LogP contribution < -0.4 is 4.90 Å². The number of anilines is 1. The van der Waals surface area contributed by atoms with Gasteiger partial charge in [-0.1, -0.05) is 0 Å². The minimum Gasteiger partial charge on any atom is -0.274 e. The molecule has 1 amide bonds. The molecule has 0 N–H and O–H groups in total. The van der Waals surface area contributed by atoms with E-state index in [1.807, 2.05) is 0 Å².